The van der Waals surface area contributed by atoms with E-state index in [1.165, 1.54) is 0 Å². The number of ether oxygens (including phenoxy) is 1. The number of carbonyl (C=O) groups excluding carboxylic acids is 2. The minimum absolute atomic E-state index is 0.116. The van der Waals surface area contributed by atoms with Gasteiger partial charge in [0, 0.05) is 5.56 Å². The highest BCUT2D eigenvalue weighted by Crippen LogP contribution is 2.21. The van der Waals surface area contributed by atoms with Crippen LogP contribution >= 0.6 is 0 Å². The summed E-state index contributed by atoms with van der Waals surface area (Å²) in [5.74, 6) is -0.903. The lowest BCUT2D eigenvalue weighted by atomic mass is 10.0. The number of hydrogen-bond donors (Lipinski definition) is 1. The Morgan fingerprint density at radius 3 is 2.39 bits per heavy atom. The van der Waals surface area contributed by atoms with E-state index in [9.17, 15) is 9.59 Å². The molecule has 0 aliphatic rings. The minimum Gasteiger partial charge on any atom is -0.458 e. The third kappa shape index (κ3) is 4.65. The van der Waals surface area contributed by atoms with Crippen LogP contribution in [0, 0.1) is 0 Å². The molecule has 1 N–H and O–H groups in total. The standard InChI is InChI=1S/C24H23NO3/c1-3-17(2)28-24(27)22(25-23(26)19-11-5-4-6-12-19)16-20-14-9-13-18-10-7-8-15-21(18)20/h4-17H,3H2,1-2H3,(H,25,26)/b22-16-/t17-/m0/s1. The van der Waals surface area contributed by atoms with Gasteiger partial charge in [0.05, 0.1) is 6.10 Å². The van der Waals surface area contributed by atoms with Crippen LogP contribution in [0.4, 0.5) is 0 Å². The molecule has 3 aromatic rings. The van der Waals surface area contributed by atoms with E-state index >= 15 is 0 Å². The van der Waals surface area contributed by atoms with Crippen molar-refractivity contribution in [3.63, 3.8) is 0 Å². The highest BCUT2D eigenvalue weighted by atomic mass is 16.5. The van der Waals surface area contributed by atoms with E-state index in [0.717, 1.165) is 16.3 Å². The number of esters is 1. The molecule has 0 aliphatic heterocycles. The fraction of sp³-hybridized carbons (Fsp3) is 0.167. The van der Waals surface area contributed by atoms with Crippen molar-refractivity contribution in [2.45, 2.75) is 26.4 Å². The monoisotopic (exact) mass is 373 g/mol. The molecule has 142 valence electrons. The van der Waals surface area contributed by atoms with Gasteiger partial charge in [0.15, 0.2) is 0 Å². The lowest BCUT2D eigenvalue weighted by molar-refractivity contribution is -0.143. The van der Waals surface area contributed by atoms with Crippen LogP contribution in [0.15, 0.2) is 78.5 Å². The summed E-state index contributed by atoms with van der Waals surface area (Å²) in [4.78, 5) is 25.3. The first-order valence-electron chi connectivity index (χ1n) is 9.35. The van der Waals surface area contributed by atoms with Crippen molar-refractivity contribution in [2.75, 3.05) is 0 Å². The van der Waals surface area contributed by atoms with Gasteiger partial charge < -0.3 is 10.1 Å². The summed E-state index contributed by atoms with van der Waals surface area (Å²) < 4.78 is 5.46. The van der Waals surface area contributed by atoms with E-state index in [1.807, 2.05) is 62.4 Å². The maximum atomic E-state index is 12.7. The van der Waals surface area contributed by atoms with Crippen LogP contribution in [0.2, 0.25) is 0 Å². The Hall–Kier alpha value is -3.40. The summed E-state index contributed by atoms with van der Waals surface area (Å²) in [6.45, 7) is 3.76. The third-order valence-electron chi connectivity index (χ3n) is 4.51. The molecule has 0 radical (unpaired) electrons. The molecule has 3 aromatic carbocycles. The fourth-order valence-electron chi connectivity index (χ4n) is 2.79. The molecule has 1 atom stereocenters. The van der Waals surface area contributed by atoms with Gasteiger partial charge in [-0.15, -0.1) is 0 Å². The quantitative estimate of drug-likeness (QED) is 0.491. The topological polar surface area (TPSA) is 55.4 Å². The largest absolute Gasteiger partial charge is 0.458 e. The summed E-state index contributed by atoms with van der Waals surface area (Å²) in [5.41, 5.74) is 1.43. The summed E-state index contributed by atoms with van der Waals surface area (Å²) in [6, 6.07) is 22.5. The van der Waals surface area contributed by atoms with Gasteiger partial charge >= 0.3 is 5.97 Å². The van der Waals surface area contributed by atoms with Crippen LogP contribution in [0.3, 0.4) is 0 Å². The van der Waals surface area contributed by atoms with E-state index in [-0.39, 0.29) is 17.7 Å². The van der Waals surface area contributed by atoms with Crippen LogP contribution in [0.1, 0.15) is 36.2 Å². The average molecular weight is 373 g/mol. The number of rotatable bonds is 6. The van der Waals surface area contributed by atoms with Crippen molar-refractivity contribution in [3.05, 3.63) is 89.6 Å². The number of benzene rings is 3. The molecule has 0 spiro atoms. The van der Waals surface area contributed by atoms with Gasteiger partial charge in [-0.05, 0) is 47.9 Å². The Morgan fingerprint density at radius 2 is 1.64 bits per heavy atom. The number of fused-ring (bicyclic) bond motifs is 1. The molecule has 1 amide bonds. The first kappa shape index (κ1) is 19.4. The van der Waals surface area contributed by atoms with Crippen LogP contribution < -0.4 is 5.32 Å². The van der Waals surface area contributed by atoms with Crippen LogP contribution in [-0.4, -0.2) is 18.0 Å². The Labute approximate surface area is 164 Å². The normalized spacial score (nSPS) is 12.4. The fourth-order valence-corrected chi connectivity index (χ4v) is 2.79. The predicted molar refractivity (Wildman–Crippen MR) is 112 cm³/mol. The summed E-state index contributed by atoms with van der Waals surface area (Å²) in [6.07, 6.45) is 2.13. The number of amides is 1. The van der Waals surface area contributed by atoms with E-state index in [2.05, 4.69) is 5.32 Å². The zero-order valence-electron chi connectivity index (χ0n) is 16.0. The van der Waals surface area contributed by atoms with E-state index in [1.54, 1.807) is 30.3 Å². The Bertz CT molecular complexity index is 1000. The first-order chi connectivity index (χ1) is 13.6. The van der Waals surface area contributed by atoms with Crippen molar-refractivity contribution in [3.8, 4) is 0 Å². The smallest absolute Gasteiger partial charge is 0.355 e. The number of carbonyl (C=O) groups is 2. The molecular formula is C24H23NO3. The van der Waals surface area contributed by atoms with E-state index < -0.39 is 5.97 Å². The highest BCUT2D eigenvalue weighted by molar-refractivity contribution is 6.04. The average Bonchev–Trinajstić information content (AvgIpc) is 2.73. The highest BCUT2D eigenvalue weighted by Gasteiger charge is 2.18. The summed E-state index contributed by atoms with van der Waals surface area (Å²) in [7, 11) is 0. The second kappa shape index (κ2) is 9.00. The van der Waals surface area contributed by atoms with Crippen LogP contribution in [0.5, 0.6) is 0 Å². The first-order valence-corrected chi connectivity index (χ1v) is 9.35. The molecule has 0 saturated heterocycles. The zero-order chi connectivity index (χ0) is 19.9. The van der Waals surface area contributed by atoms with E-state index in [0.29, 0.717) is 12.0 Å². The molecule has 28 heavy (non-hydrogen) atoms. The molecule has 0 bridgehead atoms. The van der Waals surface area contributed by atoms with E-state index in [4.69, 9.17) is 4.74 Å². The van der Waals surface area contributed by atoms with Crippen molar-refractivity contribution >= 4 is 28.7 Å². The molecule has 0 aromatic heterocycles. The summed E-state index contributed by atoms with van der Waals surface area (Å²) in [5, 5.41) is 4.77. The summed E-state index contributed by atoms with van der Waals surface area (Å²) >= 11 is 0. The van der Waals surface area contributed by atoms with Crippen molar-refractivity contribution < 1.29 is 14.3 Å². The molecular weight excluding hydrogens is 350 g/mol. The van der Waals surface area contributed by atoms with Gasteiger partial charge in [-0.25, -0.2) is 4.79 Å². The van der Waals surface area contributed by atoms with Gasteiger partial charge in [0.25, 0.3) is 5.91 Å². The Morgan fingerprint density at radius 1 is 0.964 bits per heavy atom. The van der Waals surface area contributed by atoms with Crippen molar-refractivity contribution in [1.82, 2.24) is 5.32 Å². The SMILES string of the molecule is CC[C@H](C)OC(=O)/C(=C/c1cccc2ccccc12)NC(=O)c1ccccc1. The van der Waals surface area contributed by atoms with Crippen LogP contribution in [-0.2, 0) is 9.53 Å². The van der Waals surface area contributed by atoms with Crippen LogP contribution in [0.25, 0.3) is 16.8 Å². The second-order valence-corrected chi connectivity index (χ2v) is 6.57. The molecule has 0 aliphatic carbocycles. The molecule has 4 heteroatoms. The van der Waals surface area contributed by atoms with Gasteiger partial charge in [-0.1, -0.05) is 67.6 Å². The van der Waals surface area contributed by atoms with Gasteiger partial charge in [0.2, 0.25) is 0 Å². The molecule has 0 fully saturated rings. The number of hydrogen-bond acceptors (Lipinski definition) is 3. The Balaban J connectivity index is 1.98. The van der Waals surface area contributed by atoms with Crippen molar-refractivity contribution in [1.29, 1.82) is 0 Å². The third-order valence-corrected chi connectivity index (χ3v) is 4.51. The molecule has 4 nitrogen and oxygen atoms in total. The number of nitrogens with one attached hydrogen (secondary N) is 1. The van der Waals surface area contributed by atoms with Crippen molar-refractivity contribution in [2.24, 2.45) is 0 Å². The lowest BCUT2D eigenvalue weighted by Gasteiger charge is -2.14. The molecule has 0 heterocycles. The van der Waals surface area contributed by atoms with Gasteiger partial charge in [-0.2, -0.15) is 0 Å². The van der Waals surface area contributed by atoms with Gasteiger partial charge in [-0.3, -0.25) is 4.79 Å². The molecule has 0 saturated carbocycles. The molecule has 3 rings (SSSR count). The minimum atomic E-state index is -0.549. The predicted octanol–water partition coefficient (Wildman–Crippen LogP) is 4.95. The maximum Gasteiger partial charge on any atom is 0.355 e. The molecule has 0 unspecified atom stereocenters. The van der Waals surface area contributed by atoms with Gasteiger partial charge in [0.1, 0.15) is 5.70 Å². The second-order valence-electron chi connectivity index (χ2n) is 6.57. The zero-order valence-corrected chi connectivity index (χ0v) is 16.0. The Kier molecular flexibility index (Phi) is 6.22. The lowest BCUT2D eigenvalue weighted by Crippen LogP contribution is -2.30. The maximum absolute atomic E-state index is 12.7.